The van der Waals surface area contributed by atoms with Crippen LogP contribution < -0.4 is 15.4 Å². The fraction of sp³-hybridized carbons (Fsp3) is 0.409. The molecule has 0 aliphatic heterocycles. The van der Waals surface area contributed by atoms with Gasteiger partial charge in [0.2, 0.25) is 0 Å². The predicted molar refractivity (Wildman–Crippen MR) is 116 cm³/mol. The molecule has 0 fully saturated rings. The fourth-order valence-corrected chi connectivity index (χ4v) is 2.94. The van der Waals surface area contributed by atoms with E-state index in [1.165, 1.54) is 18.2 Å². The molecular formula is C22H30F2N4O2. The van der Waals surface area contributed by atoms with Crippen molar-refractivity contribution in [2.75, 3.05) is 53.3 Å². The van der Waals surface area contributed by atoms with Gasteiger partial charge in [-0.15, -0.1) is 0 Å². The van der Waals surface area contributed by atoms with E-state index in [-0.39, 0.29) is 12.1 Å². The summed E-state index contributed by atoms with van der Waals surface area (Å²) in [7, 11) is 6.84. The minimum atomic E-state index is -0.572. The highest BCUT2D eigenvalue weighted by molar-refractivity contribution is 5.93. The van der Waals surface area contributed by atoms with Gasteiger partial charge in [-0.2, -0.15) is 0 Å². The molecule has 30 heavy (non-hydrogen) atoms. The van der Waals surface area contributed by atoms with Crippen LogP contribution in [0.15, 0.2) is 47.5 Å². The number of nitrogens with one attached hydrogen (secondary N) is 2. The van der Waals surface area contributed by atoms with Crippen molar-refractivity contribution in [1.82, 2.24) is 10.2 Å². The Morgan fingerprint density at radius 1 is 1.10 bits per heavy atom. The molecule has 0 aliphatic rings. The number of hydrogen-bond donors (Lipinski definition) is 2. The van der Waals surface area contributed by atoms with Gasteiger partial charge in [-0.25, -0.2) is 8.78 Å². The lowest BCUT2D eigenvalue weighted by Gasteiger charge is -2.26. The van der Waals surface area contributed by atoms with Gasteiger partial charge in [0.1, 0.15) is 17.4 Å². The molecule has 2 aromatic carbocycles. The summed E-state index contributed by atoms with van der Waals surface area (Å²) in [5.74, 6) is 0.0646. The molecule has 0 heterocycles. The van der Waals surface area contributed by atoms with E-state index in [4.69, 9.17) is 9.47 Å². The maximum atomic E-state index is 14.2. The number of benzene rings is 2. The van der Waals surface area contributed by atoms with Gasteiger partial charge in [0, 0.05) is 51.0 Å². The van der Waals surface area contributed by atoms with Gasteiger partial charge in [0.05, 0.1) is 12.6 Å². The Morgan fingerprint density at radius 3 is 2.43 bits per heavy atom. The minimum absolute atomic E-state index is 0.0249. The summed E-state index contributed by atoms with van der Waals surface area (Å²) in [6.07, 6.45) is 0.801. The van der Waals surface area contributed by atoms with Crippen LogP contribution in [0.2, 0.25) is 0 Å². The molecule has 0 aromatic heterocycles. The van der Waals surface area contributed by atoms with Crippen molar-refractivity contribution in [3.8, 4) is 5.75 Å². The molecule has 0 spiro atoms. The first-order chi connectivity index (χ1) is 14.5. The second-order valence-electron chi connectivity index (χ2n) is 6.92. The highest BCUT2D eigenvalue weighted by Crippen LogP contribution is 2.24. The second-order valence-corrected chi connectivity index (χ2v) is 6.92. The van der Waals surface area contributed by atoms with E-state index in [1.807, 2.05) is 24.3 Å². The Bertz CT molecular complexity index is 810. The average Bonchev–Trinajstić information content (AvgIpc) is 2.72. The molecule has 1 atom stereocenters. The van der Waals surface area contributed by atoms with Crippen LogP contribution in [0.4, 0.5) is 14.5 Å². The van der Waals surface area contributed by atoms with Gasteiger partial charge < -0.3 is 25.0 Å². The highest BCUT2D eigenvalue weighted by atomic mass is 19.1. The van der Waals surface area contributed by atoms with E-state index in [0.717, 1.165) is 17.9 Å². The Balaban J connectivity index is 2.01. The van der Waals surface area contributed by atoms with E-state index < -0.39 is 17.7 Å². The third-order valence-electron chi connectivity index (χ3n) is 4.50. The highest BCUT2D eigenvalue weighted by Gasteiger charge is 2.22. The van der Waals surface area contributed by atoms with E-state index in [9.17, 15) is 8.78 Å². The number of ether oxygens (including phenoxy) is 2. The summed E-state index contributed by atoms with van der Waals surface area (Å²) >= 11 is 0. The molecule has 0 saturated heterocycles. The molecule has 2 rings (SSSR count). The number of methoxy groups -OCH3 is 1. The summed E-state index contributed by atoms with van der Waals surface area (Å²) < 4.78 is 39.2. The summed E-state index contributed by atoms with van der Waals surface area (Å²) in [4.78, 5) is 5.96. The summed E-state index contributed by atoms with van der Waals surface area (Å²) in [5.41, 5.74) is 0.808. The Hall–Kier alpha value is -2.71. The van der Waals surface area contributed by atoms with Crippen molar-refractivity contribution in [3.63, 3.8) is 0 Å². The van der Waals surface area contributed by atoms with Gasteiger partial charge in [0.25, 0.3) is 0 Å². The fourth-order valence-electron chi connectivity index (χ4n) is 2.94. The number of anilines is 1. The standard InChI is InChI=1S/C22H30F2N4O2/c1-25-22(27-16-8-5-9-17(14-16)30-13-7-12-29-4)26-15-20(28(2)3)21-18(23)10-6-11-19(21)24/h5-6,8-11,14,20H,7,12-13,15H2,1-4H3,(H2,25,26,27). The monoisotopic (exact) mass is 420 g/mol. The zero-order valence-electron chi connectivity index (χ0n) is 17.9. The number of likely N-dealkylation sites (N-methyl/N-ethyl adjacent to an activating group) is 1. The van der Waals surface area contributed by atoms with Crippen molar-refractivity contribution in [2.24, 2.45) is 4.99 Å². The molecule has 0 saturated carbocycles. The summed E-state index contributed by atoms with van der Waals surface area (Å²) in [5, 5.41) is 6.31. The van der Waals surface area contributed by atoms with Gasteiger partial charge in [-0.3, -0.25) is 4.99 Å². The molecular weight excluding hydrogens is 390 g/mol. The van der Waals surface area contributed by atoms with Crippen LogP contribution >= 0.6 is 0 Å². The number of aliphatic imine (C=N–C) groups is 1. The molecule has 1 unspecified atom stereocenters. The molecule has 0 amide bonds. The Kier molecular flexibility index (Phi) is 9.50. The van der Waals surface area contributed by atoms with Crippen LogP contribution in [0.1, 0.15) is 18.0 Å². The number of halogens is 2. The van der Waals surface area contributed by atoms with Crippen LogP contribution in [0.3, 0.4) is 0 Å². The SMILES string of the molecule is CN=C(NCC(c1c(F)cccc1F)N(C)C)Nc1cccc(OCCCOC)c1. The van der Waals surface area contributed by atoms with Crippen molar-refractivity contribution < 1.29 is 18.3 Å². The molecule has 2 aromatic rings. The third kappa shape index (κ3) is 6.96. The molecule has 0 radical (unpaired) electrons. The van der Waals surface area contributed by atoms with E-state index in [2.05, 4.69) is 15.6 Å². The topological polar surface area (TPSA) is 58.1 Å². The molecule has 6 nitrogen and oxygen atoms in total. The van der Waals surface area contributed by atoms with Crippen molar-refractivity contribution in [1.29, 1.82) is 0 Å². The summed E-state index contributed by atoms with van der Waals surface area (Å²) in [6, 6.07) is 10.9. The van der Waals surface area contributed by atoms with Crippen LogP contribution in [-0.4, -0.2) is 58.9 Å². The van der Waals surface area contributed by atoms with Gasteiger partial charge in [0.15, 0.2) is 5.96 Å². The minimum Gasteiger partial charge on any atom is -0.493 e. The van der Waals surface area contributed by atoms with Crippen molar-refractivity contribution in [3.05, 3.63) is 59.7 Å². The van der Waals surface area contributed by atoms with E-state index in [0.29, 0.717) is 19.2 Å². The normalized spacial score (nSPS) is 12.7. The lowest BCUT2D eigenvalue weighted by atomic mass is 10.0. The molecule has 8 heteroatoms. The molecule has 0 bridgehead atoms. The average molecular weight is 421 g/mol. The first-order valence-corrected chi connectivity index (χ1v) is 9.76. The maximum absolute atomic E-state index is 14.2. The van der Waals surface area contributed by atoms with Crippen LogP contribution in [0.25, 0.3) is 0 Å². The first-order valence-electron chi connectivity index (χ1n) is 9.76. The predicted octanol–water partition coefficient (Wildman–Crippen LogP) is 3.67. The van der Waals surface area contributed by atoms with Crippen LogP contribution in [-0.2, 0) is 4.74 Å². The van der Waals surface area contributed by atoms with Gasteiger partial charge >= 0.3 is 0 Å². The Labute approximate surface area is 176 Å². The molecule has 0 aliphatic carbocycles. The van der Waals surface area contributed by atoms with Crippen molar-refractivity contribution >= 4 is 11.6 Å². The zero-order chi connectivity index (χ0) is 21.9. The lowest BCUT2D eigenvalue weighted by Crippen LogP contribution is -2.38. The van der Waals surface area contributed by atoms with Crippen molar-refractivity contribution in [2.45, 2.75) is 12.5 Å². The van der Waals surface area contributed by atoms with Crippen LogP contribution in [0.5, 0.6) is 5.75 Å². The zero-order valence-corrected chi connectivity index (χ0v) is 17.9. The van der Waals surface area contributed by atoms with E-state index in [1.54, 1.807) is 33.2 Å². The number of nitrogens with zero attached hydrogens (tertiary/aromatic N) is 2. The Morgan fingerprint density at radius 2 is 1.80 bits per heavy atom. The number of rotatable bonds is 10. The first kappa shape index (κ1) is 23.6. The second kappa shape index (κ2) is 12.1. The lowest BCUT2D eigenvalue weighted by molar-refractivity contribution is 0.172. The summed E-state index contributed by atoms with van der Waals surface area (Å²) in [6.45, 7) is 1.46. The van der Waals surface area contributed by atoms with Crippen LogP contribution in [0, 0.1) is 11.6 Å². The number of guanidine groups is 1. The van der Waals surface area contributed by atoms with Gasteiger partial charge in [-0.1, -0.05) is 12.1 Å². The van der Waals surface area contributed by atoms with Gasteiger partial charge in [-0.05, 0) is 38.4 Å². The number of hydrogen-bond acceptors (Lipinski definition) is 4. The van der Waals surface area contributed by atoms with E-state index >= 15 is 0 Å². The largest absolute Gasteiger partial charge is 0.493 e. The quantitative estimate of drug-likeness (QED) is 0.349. The maximum Gasteiger partial charge on any atom is 0.195 e. The molecule has 164 valence electrons. The third-order valence-corrected chi connectivity index (χ3v) is 4.50. The smallest absolute Gasteiger partial charge is 0.195 e. The molecule has 2 N–H and O–H groups in total.